The smallest absolute Gasteiger partial charge is 0.342 e. The predicted molar refractivity (Wildman–Crippen MR) is 56.1 cm³/mol. The third-order valence-corrected chi connectivity index (χ3v) is 2.34. The van der Waals surface area contributed by atoms with Gasteiger partial charge in [-0.3, -0.25) is 4.79 Å². The number of alkyl halides is 6. The number of amides is 1. The Labute approximate surface area is 106 Å². The van der Waals surface area contributed by atoms with Crippen LogP contribution in [0.25, 0.3) is 0 Å². The van der Waals surface area contributed by atoms with Gasteiger partial charge in [0.1, 0.15) is 0 Å². The molecule has 0 radical (unpaired) electrons. The monoisotopic (exact) mass is 294 g/mol. The molecule has 0 atom stereocenters. The molecule has 0 unspecified atom stereocenters. The lowest BCUT2D eigenvalue weighted by Gasteiger charge is -2.29. The number of halogens is 6. The van der Waals surface area contributed by atoms with Crippen LogP contribution >= 0.6 is 0 Å². The summed E-state index contributed by atoms with van der Waals surface area (Å²) in [6.45, 7) is 1.25. The highest BCUT2D eigenvalue weighted by atomic mass is 19.4. The van der Waals surface area contributed by atoms with Gasteiger partial charge in [-0.2, -0.15) is 26.3 Å². The summed E-state index contributed by atoms with van der Waals surface area (Å²) in [7, 11) is 0. The minimum atomic E-state index is -5.65. The van der Waals surface area contributed by atoms with Crippen molar-refractivity contribution in [2.45, 2.75) is 32.1 Å². The Morgan fingerprint density at radius 3 is 1.89 bits per heavy atom. The molecule has 1 amide bonds. The van der Waals surface area contributed by atoms with Gasteiger partial charge in [0.05, 0.1) is 0 Å². The highest BCUT2D eigenvalue weighted by molar-refractivity contribution is 5.80. The van der Waals surface area contributed by atoms with Crippen molar-refractivity contribution in [2.75, 3.05) is 19.6 Å². The molecule has 9 heteroatoms. The molecule has 3 nitrogen and oxygen atoms in total. The lowest BCUT2D eigenvalue weighted by molar-refractivity contribution is -0.277. The quantitative estimate of drug-likeness (QED) is 0.764. The molecule has 114 valence electrons. The van der Waals surface area contributed by atoms with E-state index in [0.717, 1.165) is 0 Å². The first kappa shape index (κ1) is 18.0. The highest BCUT2D eigenvalue weighted by Gasteiger charge is 2.61. The summed E-state index contributed by atoms with van der Waals surface area (Å²) in [5.41, 5.74) is 5.14. The Hall–Kier alpha value is -0.990. The van der Waals surface area contributed by atoms with Crippen molar-refractivity contribution in [3.8, 4) is 0 Å². The van der Waals surface area contributed by atoms with E-state index in [4.69, 9.17) is 5.73 Å². The largest absolute Gasteiger partial charge is 0.409 e. The molecule has 0 fully saturated rings. The Kier molecular flexibility index (Phi) is 6.61. The van der Waals surface area contributed by atoms with Gasteiger partial charge in [-0.15, -0.1) is 0 Å². The van der Waals surface area contributed by atoms with Crippen LogP contribution in [0.4, 0.5) is 26.3 Å². The van der Waals surface area contributed by atoms with Crippen molar-refractivity contribution >= 4 is 5.91 Å². The average Bonchev–Trinajstić information content (AvgIpc) is 2.19. The van der Waals surface area contributed by atoms with Crippen LogP contribution in [0.2, 0.25) is 0 Å². The summed E-state index contributed by atoms with van der Waals surface area (Å²) < 4.78 is 74.4. The van der Waals surface area contributed by atoms with Crippen molar-refractivity contribution in [1.29, 1.82) is 0 Å². The Morgan fingerprint density at radius 1 is 1.11 bits per heavy atom. The summed E-state index contributed by atoms with van der Waals surface area (Å²) >= 11 is 0. The Bertz CT molecular complexity index is 275. The molecule has 0 aromatic heterocycles. The summed E-state index contributed by atoms with van der Waals surface area (Å²) in [4.78, 5) is 12.0. The normalized spacial score (nSPS) is 12.9. The molecule has 0 aromatic carbocycles. The van der Waals surface area contributed by atoms with Gasteiger partial charge < -0.3 is 10.6 Å². The number of carbonyl (C=O) groups excluding carboxylic acids is 1. The molecule has 0 spiro atoms. The van der Waals surface area contributed by atoms with E-state index in [1.807, 2.05) is 0 Å². The summed E-state index contributed by atoms with van der Waals surface area (Å²) in [6, 6.07) is 0. The third-order valence-electron chi connectivity index (χ3n) is 2.34. The van der Waals surface area contributed by atoms with Gasteiger partial charge in [-0.25, -0.2) is 0 Å². The number of nitrogens with two attached hydrogens (primary N) is 1. The standard InChI is InChI=1S/C10H16F6N2O/c1-2-5-18(6-3-4-17)8(19)7(9(11,12)13)10(14,15)16/h7H,2-6,17H2,1H3. The molecular weight excluding hydrogens is 278 g/mol. The molecular formula is C10H16F6N2O. The molecule has 0 aliphatic carbocycles. The van der Waals surface area contributed by atoms with Crippen molar-refractivity contribution in [2.24, 2.45) is 11.7 Å². The Morgan fingerprint density at radius 2 is 1.58 bits per heavy atom. The molecule has 0 saturated carbocycles. The first-order chi connectivity index (χ1) is 8.55. The van der Waals surface area contributed by atoms with Gasteiger partial charge >= 0.3 is 12.4 Å². The zero-order chi connectivity index (χ0) is 15.3. The van der Waals surface area contributed by atoms with E-state index in [-0.39, 0.29) is 32.5 Å². The van der Waals surface area contributed by atoms with Gasteiger partial charge in [-0.1, -0.05) is 6.92 Å². The number of hydrogen-bond donors (Lipinski definition) is 1. The van der Waals surface area contributed by atoms with Crippen LogP contribution in [0.3, 0.4) is 0 Å². The lowest BCUT2D eigenvalue weighted by atomic mass is 10.1. The van der Waals surface area contributed by atoms with Gasteiger partial charge in [0.2, 0.25) is 11.8 Å². The lowest BCUT2D eigenvalue weighted by Crippen LogP contribution is -2.50. The van der Waals surface area contributed by atoms with E-state index in [1.54, 1.807) is 6.92 Å². The van der Waals surface area contributed by atoms with Crippen LogP contribution in [0.5, 0.6) is 0 Å². The van der Waals surface area contributed by atoms with Crippen LogP contribution in [0.15, 0.2) is 0 Å². The average molecular weight is 294 g/mol. The van der Waals surface area contributed by atoms with Crippen molar-refractivity contribution < 1.29 is 31.1 Å². The van der Waals surface area contributed by atoms with E-state index in [1.165, 1.54) is 0 Å². The highest BCUT2D eigenvalue weighted by Crippen LogP contribution is 2.40. The van der Waals surface area contributed by atoms with Gasteiger partial charge in [0.15, 0.2) is 0 Å². The first-order valence-corrected chi connectivity index (χ1v) is 5.68. The number of rotatable bonds is 6. The van der Waals surface area contributed by atoms with E-state index in [9.17, 15) is 31.1 Å². The van der Waals surface area contributed by atoms with Gasteiger partial charge in [0, 0.05) is 13.1 Å². The summed E-state index contributed by atoms with van der Waals surface area (Å²) in [5, 5.41) is 0. The van der Waals surface area contributed by atoms with E-state index in [2.05, 4.69) is 0 Å². The van der Waals surface area contributed by atoms with Crippen molar-refractivity contribution in [3.05, 3.63) is 0 Å². The SMILES string of the molecule is CCCN(CCCN)C(=O)C(C(F)(F)F)C(F)(F)F. The van der Waals surface area contributed by atoms with Crippen LogP contribution in [0.1, 0.15) is 19.8 Å². The summed E-state index contributed by atoms with van der Waals surface area (Å²) in [6.07, 6.45) is -10.9. The third kappa shape index (κ3) is 5.66. The van der Waals surface area contributed by atoms with E-state index >= 15 is 0 Å². The molecule has 0 aromatic rings. The van der Waals surface area contributed by atoms with Crippen LogP contribution in [-0.2, 0) is 4.79 Å². The van der Waals surface area contributed by atoms with Gasteiger partial charge in [0.25, 0.3) is 0 Å². The minimum Gasteiger partial charge on any atom is -0.342 e. The van der Waals surface area contributed by atoms with Crippen molar-refractivity contribution in [1.82, 2.24) is 4.90 Å². The molecule has 19 heavy (non-hydrogen) atoms. The predicted octanol–water partition coefficient (Wildman–Crippen LogP) is 2.31. The van der Waals surface area contributed by atoms with E-state index < -0.39 is 24.2 Å². The second-order valence-corrected chi connectivity index (χ2v) is 3.98. The fraction of sp³-hybridized carbons (Fsp3) is 0.900. The molecule has 2 N–H and O–H groups in total. The molecule has 0 bridgehead atoms. The molecule has 0 heterocycles. The number of carbonyl (C=O) groups is 1. The molecule has 0 aliphatic rings. The van der Waals surface area contributed by atoms with Crippen molar-refractivity contribution in [3.63, 3.8) is 0 Å². The minimum absolute atomic E-state index is 0.0796. The molecule has 0 saturated heterocycles. The second kappa shape index (κ2) is 6.97. The van der Waals surface area contributed by atoms with Crippen LogP contribution in [0, 0.1) is 5.92 Å². The van der Waals surface area contributed by atoms with Crippen LogP contribution < -0.4 is 5.73 Å². The molecule has 0 aliphatic heterocycles. The van der Waals surface area contributed by atoms with Crippen LogP contribution in [-0.4, -0.2) is 42.8 Å². The fourth-order valence-corrected chi connectivity index (χ4v) is 1.53. The number of nitrogens with zero attached hydrogens (tertiary/aromatic N) is 1. The zero-order valence-corrected chi connectivity index (χ0v) is 10.3. The Balaban J connectivity index is 5.14. The maximum atomic E-state index is 12.4. The molecule has 0 rings (SSSR count). The maximum absolute atomic E-state index is 12.4. The number of hydrogen-bond acceptors (Lipinski definition) is 2. The van der Waals surface area contributed by atoms with Gasteiger partial charge in [-0.05, 0) is 19.4 Å². The first-order valence-electron chi connectivity index (χ1n) is 5.68. The summed E-state index contributed by atoms with van der Waals surface area (Å²) in [5.74, 6) is -5.93. The topological polar surface area (TPSA) is 46.3 Å². The second-order valence-electron chi connectivity index (χ2n) is 3.98. The zero-order valence-electron chi connectivity index (χ0n) is 10.3. The maximum Gasteiger partial charge on any atom is 0.409 e. The fourth-order valence-electron chi connectivity index (χ4n) is 1.53. The van der Waals surface area contributed by atoms with E-state index in [0.29, 0.717) is 4.90 Å².